The number of carbonyl (C=O) groups is 5. The molecule has 14 heteroatoms. The van der Waals surface area contributed by atoms with Gasteiger partial charge in [0, 0.05) is 36.9 Å². The number of ether oxygens (including phenoxy) is 3. The van der Waals surface area contributed by atoms with Crippen molar-refractivity contribution in [1.82, 2.24) is 20.4 Å². The quantitative estimate of drug-likeness (QED) is 0.421. The van der Waals surface area contributed by atoms with Crippen molar-refractivity contribution in [2.45, 2.75) is 88.9 Å². The molecule has 13 nitrogen and oxygen atoms in total. The van der Waals surface area contributed by atoms with E-state index in [0.717, 1.165) is 11.1 Å². The Labute approximate surface area is 266 Å². The summed E-state index contributed by atoms with van der Waals surface area (Å²) >= 11 is 6.32. The van der Waals surface area contributed by atoms with Crippen molar-refractivity contribution in [3.63, 3.8) is 0 Å². The van der Waals surface area contributed by atoms with Crippen LogP contribution in [0.15, 0.2) is 30.4 Å². The van der Waals surface area contributed by atoms with Crippen LogP contribution in [0.1, 0.15) is 57.6 Å². The Morgan fingerprint density at radius 1 is 1.18 bits per heavy atom. The zero-order valence-electron chi connectivity index (χ0n) is 25.7. The first kappa shape index (κ1) is 32.6. The van der Waals surface area contributed by atoms with E-state index in [1.807, 2.05) is 24.3 Å². The number of rotatable bonds is 3. The zero-order valence-corrected chi connectivity index (χ0v) is 26.4. The monoisotopic (exact) mass is 645 g/mol. The summed E-state index contributed by atoms with van der Waals surface area (Å²) in [6, 6.07) is 3.26. The van der Waals surface area contributed by atoms with E-state index in [4.69, 9.17) is 31.5 Å². The van der Waals surface area contributed by atoms with Gasteiger partial charge in [-0.3, -0.25) is 19.3 Å². The highest BCUT2D eigenvalue weighted by molar-refractivity contribution is 6.31. The van der Waals surface area contributed by atoms with Crippen molar-refractivity contribution in [2.24, 2.45) is 11.7 Å². The van der Waals surface area contributed by atoms with E-state index < -0.39 is 59.2 Å². The van der Waals surface area contributed by atoms with Gasteiger partial charge in [-0.2, -0.15) is 0 Å². The minimum Gasteiger partial charge on any atom is -0.444 e. The number of nitrogens with zero attached hydrogens (tertiary/aromatic N) is 2. The summed E-state index contributed by atoms with van der Waals surface area (Å²) < 4.78 is 16.9. The summed E-state index contributed by atoms with van der Waals surface area (Å²) in [5.41, 5.74) is 5.39. The molecule has 0 radical (unpaired) electrons. The topological polar surface area (TPSA) is 170 Å². The van der Waals surface area contributed by atoms with Crippen molar-refractivity contribution >= 4 is 41.5 Å². The van der Waals surface area contributed by atoms with Gasteiger partial charge < -0.3 is 35.5 Å². The number of halogens is 1. The highest BCUT2D eigenvalue weighted by Gasteiger charge is 2.60. The number of benzene rings is 1. The lowest BCUT2D eigenvalue weighted by Crippen LogP contribution is -2.57. The predicted molar refractivity (Wildman–Crippen MR) is 162 cm³/mol. The van der Waals surface area contributed by atoms with Gasteiger partial charge in [0.2, 0.25) is 17.7 Å². The highest BCUT2D eigenvalue weighted by Crippen LogP contribution is 2.45. The summed E-state index contributed by atoms with van der Waals surface area (Å²) in [4.78, 5) is 69.1. The van der Waals surface area contributed by atoms with Gasteiger partial charge in [-0.1, -0.05) is 35.9 Å². The number of hydrogen-bond acceptors (Lipinski definition) is 8. The highest BCUT2D eigenvalue weighted by atomic mass is 35.5. The third-order valence-electron chi connectivity index (χ3n) is 8.44. The number of fused-ring (bicyclic) bond motifs is 3. The van der Waals surface area contributed by atoms with Crippen LogP contribution in [0.25, 0.3) is 0 Å². The van der Waals surface area contributed by atoms with Crippen LogP contribution in [0.4, 0.5) is 9.59 Å². The summed E-state index contributed by atoms with van der Waals surface area (Å²) in [5.74, 6) is -2.15. The van der Waals surface area contributed by atoms with E-state index in [-0.39, 0.29) is 38.5 Å². The van der Waals surface area contributed by atoms with E-state index in [9.17, 15) is 24.0 Å². The number of nitrogens with two attached hydrogens (primary N) is 1. The number of amides is 5. The normalized spacial score (nSPS) is 29.2. The Morgan fingerprint density at radius 2 is 1.96 bits per heavy atom. The second-order valence-corrected chi connectivity index (χ2v) is 13.3. The lowest BCUT2D eigenvalue weighted by molar-refractivity contribution is -0.141. The molecular weight excluding hydrogens is 606 g/mol. The van der Waals surface area contributed by atoms with Crippen LogP contribution in [0.2, 0.25) is 5.02 Å². The van der Waals surface area contributed by atoms with Gasteiger partial charge in [-0.25, -0.2) is 9.59 Å². The van der Waals surface area contributed by atoms with E-state index >= 15 is 0 Å². The SMILES string of the molecule is CC(C)(C)OC(=O)N[C@H]1CCOCC/C=C\[C@@H]2C[C@@]2(C(N)=O)NC(=O)[C@@H]2C[C@@H](OC(=O)N3Cc4cccc(Cl)c4C3)CN2C1=O. The lowest BCUT2D eigenvalue weighted by Gasteiger charge is -2.30. The lowest BCUT2D eigenvalue weighted by atomic mass is 10.1. The first-order valence-electron chi connectivity index (χ1n) is 15.2. The standard InChI is InChI=1S/C31H40ClN5O8/c1-30(2,3)45-28(41)34-23-10-12-43-11-5-4-8-19-14-31(19,27(33)40)35-25(38)24-13-20(16-37(24)26(23)39)44-29(42)36-15-18-7-6-9-22(32)21(18)17-36/h4,6-9,19-20,23-24H,5,10-17H2,1-3H3,(H2,33,40)(H,34,41)(H,35,38)/b8-4-/t19-,20-,23+,24+,31-/m1/s1. The Hall–Kier alpha value is -3.84. The van der Waals surface area contributed by atoms with Gasteiger partial charge in [0.25, 0.3) is 0 Å². The third kappa shape index (κ3) is 7.36. The minimum atomic E-state index is -1.28. The molecule has 3 aliphatic heterocycles. The van der Waals surface area contributed by atoms with Crippen LogP contribution in [0, 0.1) is 5.92 Å². The molecule has 4 N–H and O–H groups in total. The van der Waals surface area contributed by atoms with Crippen LogP contribution in [-0.2, 0) is 41.7 Å². The molecule has 45 heavy (non-hydrogen) atoms. The first-order chi connectivity index (χ1) is 21.3. The molecule has 0 spiro atoms. The molecule has 0 aromatic heterocycles. The second kappa shape index (κ2) is 12.9. The number of nitrogens with one attached hydrogen (secondary N) is 2. The number of carbonyl (C=O) groups excluding carboxylic acids is 5. The number of alkyl carbamates (subject to hydrolysis) is 1. The minimum absolute atomic E-state index is 0.0180. The molecular formula is C31H40ClN5O8. The predicted octanol–water partition coefficient (Wildman–Crippen LogP) is 2.38. The van der Waals surface area contributed by atoms with Crippen molar-refractivity contribution in [3.05, 3.63) is 46.5 Å². The molecule has 1 saturated heterocycles. The largest absolute Gasteiger partial charge is 0.444 e. The van der Waals surface area contributed by atoms with Gasteiger partial charge in [0.1, 0.15) is 29.3 Å². The molecule has 1 saturated carbocycles. The maximum atomic E-state index is 14.0. The molecule has 0 bridgehead atoms. The smallest absolute Gasteiger partial charge is 0.410 e. The van der Waals surface area contributed by atoms with E-state index in [1.165, 1.54) is 9.80 Å². The molecule has 1 aliphatic carbocycles. The van der Waals surface area contributed by atoms with Gasteiger partial charge >= 0.3 is 12.2 Å². The molecule has 244 valence electrons. The Kier molecular flexibility index (Phi) is 9.31. The number of hydrogen-bond donors (Lipinski definition) is 3. The summed E-state index contributed by atoms with van der Waals surface area (Å²) in [6.45, 7) is 6.08. The average Bonchev–Trinajstić information content (AvgIpc) is 3.27. The molecule has 5 atom stereocenters. The molecule has 3 heterocycles. The van der Waals surface area contributed by atoms with E-state index in [1.54, 1.807) is 26.8 Å². The first-order valence-corrected chi connectivity index (χ1v) is 15.5. The van der Waals surface area contributed by atoms with Gasteiger partial charge in [-0.15, -0.1) is 0 Å². The molecule has 4 aliphatic rings. The maximum absolute atomic E-state index is 14.0. The average molecular weight is 646 g/mol. The molecule has 0 unspecified atom stereocenters. The fourth-order valence-corrected chi connectivity index (χ4v) is 6.29. The molecule has 5 amide bonds. The second-order valence-electron chi connectivity index (χ2n) is 12.9. The van der Waals surface area contributed by atoms with Crippen LogP contribution in [0.5, 0.6) is 0 Å². The maximum Gasteiger partial charge on any atom is 0.410 e. The van der Waals surface area contributed by atoms with Crippen LogP contribution < -0.4 is 16.4 Å². The van der Waals surface area contributed by atoms with Crippen molar-refractivity contribution in [1.29, 1.82) is 0 Å². The Morgan fingerprint density at radius 3 is 2.67 bits per heavy atom. The van der Waals surface area contributed by atoms with Crippen LogP contribution >= 0.6 is 11.6 Å². The van der Waals surface area contributed by atoms with Crippen LogP contribution in [0.3, 0.4) is 0 Å². The zero-order chi connectivity index (χ0) is 32.5. The fraction of sp³-hybridized carbons (Fsp3) is 0.581. The molecule has 2 fully saturated rings. The summed E-state index contributed by atoms with van der Waals surface area (Å²) in [5, 5.41) is 5.97. The Bertz CT molecular complexity index is 1400. The fourth-order valence-electron chi connectivity index (χ4n) is 6.04. The summed E-state index contributed by atoms with van der Waals surface area (Å²) in [6.07, 6.45) is 2.42. The molecule has 1 aromatic carbocycles. The van der Waals surface area contributed by atoms with Crippen molar-refractivity contribution in [3.8, 4) is 0 Å². The van der Waals surface area contributed by atoms with Crippen molar-refractivity contribution < 1.29 is 38.2 Å². The van der Waals surface area contributed by atoms with Crippen molar-refractivity contribution in [2.75, 3.05) is 19.8 Å². The summed E-state index contributed by atoms with van der Waals surface area (Å²) in [7, 11) is 0. The molecule has 5 rings (SSSR count). The third-order valence-corrected chi connectivity index (χ3v) is 8.79. The van der Waals surface area contributed by atoms with E-state index in [2.05, 4.69) is 10.6 Å². The molecule has 1 aromatic rings. The van der Waals surface area contributed by atoms with Gasteiger partial charge in [0.05, 0.1) is 19.7 Å². The van der Waals surface area contributed by atoms with Gasteiger partial charge in [0.15, 0.2) is 0 Å². The van der Waals surface area contributed by atoms with Crippen LogP contribution in [-0.4, -0.2) is 88.8 Å². The van der Waals surface area contributed by atoms with E-state index in [0.29, 0.717) is 31.0 Å². The van der Waals surface area contributed by atoms with Gasteiger partial charge in [-0.05, 0) is 50.8 Å². The number of primary amides is 1. The Balaban J connectivity index is 1.37.